The highest BCUT2D eigenvalue weighted by Crippen LogP contribution is 2.55. The fourth-order valence-corrected chi connectivity index (χ4v) is 12.2. The minimum Gasteiger partial charge on any atom is -0.497 e. The van der Waals surface area contributed by atoms with Crippen LogP contribution in [0.25, 0.3) is 110 Å². The maximum Gasteiger partial charge on any atom is 0.119 e. The summed E-state index contributed by atoms with van der Waals surface area (Å²) in [7, 11) is 1.75. The van der Waals surface area contributed by atoms with E-state index in [0.717, 1.165) is 5.75 Å². The molecule has 2 aliphatic rings. The first-order chi connectivity index (χ1) is 32.2. The first-order valence-corrected chi connectivity index (χ1v) is 23.3. The molecule has 11 aromatic rings. The standard InChI is InChI=1S/C65H48O/c1-64(2)56-35-40(61-50-21-11-9-19-48(50)60(39-17-7-6-8-18-39)49-20-10-12-22-51(49)61)27-31-44(56)45-32-28-41(36-57(45)64)62-52-23-13-15-25-54(52)63(55-26-16-14-24-53(55)62)42-29-33-46-47-34-30-43(66-5)38-59(47)65(3,4)58(46)37-42/h6-38H,1-5H3. The number of rotatable bonds is 5. The lowest BCUT2D eigenvalue weighted by atomic mass is 9.79. The van der Waals surface area contributed by atoms with Gasteiger partial charge in [-0.2, -0.15) is 0 Å². The second-order valence-corrected chi connectivity index (χ2v) is 19.5. The van der Waals surface area contributed by atoms with E-state index in [0.29, 0.717) is 0 Å². The molecule has 13 rings (SSSR count). The maximum atomic E-state index is 5.68. The van der Waals surface area contributed by atoms with Crippen molar-refractivity contribution in [3.05, 3.63) is 222 Å². The van der Waals surface area contributed by atoms with E-state index in [4.69, 9.17) is 4.74 Å². The lowest BCUT2D eigenvalue weighted by Crippen LogP contribution is -2.15. The van der Waals surface area contributed by atoms with Gasteiger partial charge in [-0.15, -0.1) is 0 Å². The van der Waals surface area contributed by atoms with Gasteiger partial charge in [0.05, 0.1) is 7.11 Å². The zero-order valence-corrected chi connectivity index (χ0v) is 38.0. The molecule has 0 saturated heterocycles. The molecule has 0 heterocycles. The topological polar surface area (TPSA) is 9.23 Å². The van der Waals surface area contributed by atoms with Crippen molar-refractivity contribution in [2.24, 2.45) is 0 Å². The molecule has 0 fully saturated rings. The molecular weight excluding hydrogens is 797 g/mol. The van der Waals surface area contributed by atoms with E-state index in [1.165, 1.54) is 132 Å². The van der Waals surface area contributed by atoms with Gasteiger partial charge in [0.1, 0.15) is 5.75 Å². The van der Waals surface area contributed by atoms with E-state index in [1.54, 1.807) is 7.11 Å². The van der Waals surface area contributed by atoms with Crippen LogP contribution < -0.4 is 4.74 Å². The van der Waals surface area contributed by atoms with Crippen molar-refractivity contribution in [3.63, 3.8) is 0 Å². The van der Waals surface area contributed by atoms with E-state index in [-0.39, 0.29) is 10.8 Å². The summed E-state index contributed by atoms with van der Waals surface area (Å²) in [6.45, 7) is 9.54. The van der Waals surface area contributed by atoms with Crippen molar-refractivity contribution in [3.8, 4) is 72.5 Å². The second-order valence-electron chi connectivity index (χ2n) is 19.5. The average Bonchev–Trinajstić information content (AvgIpc) is 3.72. The molecule has 0 spiro atoms. The molecule has 11 aromatic carbocycles. The lowest BCUT2D eigenvalue weighted by Gasteiger charge is -2.24. The third-order valence-electron chi connectivity index (χ3n) is 15.4. The average molecular weight is 845 g/mol. The second kappa shape index (κ2) is 14.1. The van der Waals surface area contributed by atoms with E-state index < -0.39 is 0 Å². The summed E-state index contributed by atoms with van der Waals surface area (Å²) >= 11 is 0. The third kappa shape index (κ3) is 5.41. The highest BCUT2D eigenvalue weighted by Gasteiger charge is 2.38. The Morgan fingerprint density at radius 2 is 0.545 bits per heavy atom. The summed E-state index contributed by atoms with van der Waals surface area (Å²) in [5.74, 6) is 0.901. The Balaban J connectivity index is 0.957. The molecule has 0 unspecified atom stereocenters. The van der Waals surface area contributed by atoms with Gasteiger partial charge in [0.2, 0.25) is 0 Å². The van der Waals surface area contributed by atoms with Crippen LogP contribution in [0.3, 0.4) is 0 Å². The first-order valence-electron chi connectivity index (χ1n) is 23.3. The number of hydrogen-bond acceptors (Lipinski definition) is 1. The molecule has 0 bridgehead atoms. The SMILES string of the molecule is COc1ccc2c(c1)C(C)(C)c1cc(-c3c4ccccc4c(-c4ccc5c(c4)C(C)(C)c4cc(-c6c7ccccc7c(-c7ccccc7)c7ccccc67)ccc4-5)c4ccccc34)ccc1-2. The largest absolute Gasteiger partial charge is 0.497 e. The van der Waals surface area contributed by atoms with E-state index in [9.17, 15) is 0 Å². The van der Waals surface area contributed by atoms with Crippen molar-refractivity contribution in [2.45, 2.75) is 38.5 Å². The Morgan fingerprint density at radius 1 is 0.273 bits per heavy atom. The summed E-state index contributed by atoms with van der Waals surface area (Å²) in [5, 5.41) is 10.2. The van der Waals surface area contributed by atoms with Crippen molar-refractivity contribution in [2.75, 3.05) is 7.11 Å². The van der Waals surface area contributed by atoms with Crippen LogP contribution in [0.2, 0.25) is 0 Å². The summed E-state index contributed by atoms with van der Waals surface area (Å²) in [6, 6.07) is 75.1. The minimum atomic E-state index is -0.226. The van der Waals surface area contributed by atoms with Crippen molar-refractivity contribution in [1.29, 1.82) is 0 Å². The van der Waals surface area contributed by atoms with Gasteiger partial charge >= 0.3 is 0 Å². The Bertz CT molecular complexity index is 3730. The normalized spacial score (nSPS) is 14.1. The van der Waals surface area contributed by atoms with Gasteiger partial charge in [0, 0.05) is 10.8 Å². The smallest absolute Gasteiger partial charge is 0.119 e. The molecule has 0 aliphatic heterocycles. The van der Waals surface area contributed by atoms with Crippen LogP contribution in [0.1, 0.15) is 49.9 Å². The van der Waals surface area contributed by atoms with E-state index in [1.807, 2.05) is 0 Å². The monoisotopic (exact) mass is 844 g/mol. The van der Waals surface area contributed by atoms with Gasteiger partial charge in [-0.3, -0.25) is 0 Å². The molecule has 66 heavy (non-hydrogen) atoms. The Hall–Kier alpha value is -7.74. The van der Waals surface area contributed by atoms with Gasteiger partial charge in [0.25, 0.3) is 0 Å². The highest BCUT2D eigenvalue weighted by molar-refractivity contribution is 6.23. The fourth-order valence-electron chi connectivity index (χ4n) is 12.2. The molecule has 0 aromatic heterocycles. The Kier molecular flexibility index (Phi) is 8.28. The fraction of sp³-hybridized carbons (Fsp3) is 0.108. The van der Waals surface area contributed by atoms with Crippen LogP contribution in [0.5, 0.6) is 5.75 Å². The number of ether oxygens (including phenoxy) is 1. The number of methoxy groups -OCH3 is 1. The first kappa shape index (κ1) is 38.7. The molecular formula is C65H48O. The van der Waals surface area contributed by atoms with Gasteiger partial charge in [-0.1, -0.05) is 198 Å². The van der Waals surface area contributed by atoms with Crippen molar-refractivity contribution >= 4 is 43.1 Å². The van der Waals surface area contributed by atoms with E-state index in [2.05, 4.69) is 228 Å². The molecule has 2 aliphatic carbocycles. The number of benzene rings is 11. The zero-order valence-electron chi connectivity index (χ0n) is 38.0. The molecule has 0 amide bonds. The van der Waals surface area contributed by atoms with E-state index >= 15 is 0 Å². The van der Waals surface area contributed by atoms with Crippen LogP contribution in [0, 0.1) is 0 Å². The number of fused-ring (bicyclic) bond motifs is 10. The molecule has 0 radical (unpaired) electrons. The summed E-state index contributed by atoms with van der Waals surface area (Å²) < 4.78 is 5.68. The van der Waals surface area contributed by atoms with Crippen LogP contribution >= 0.6 is 0 Å². The Morgan fingerprint density at radius 3 is 0.864 bits per heavy atom. The highest BCUT2D eigenvalue weighted by atomic mass is 16.5. The third-order valence-corrected chi connectivity index (χ3v) is 15.4. The molecule has 0 N–H and O–H groups in total. The maximum absolute atomic E-state index is 5.68. The van der Waals surface area contributed by atoms with Gasteiger partial charge in [-0.05, 0) is 162 Å². The number of hydrogen-bond donors (Lipinski definition) is 0. The lowest BCUT2D eigenvalue weighted by molar-refractivity contribution is 0.413. The molecule has 314 valence electrons. The summed E-state index contributed by atoms with van der Waals surface area (Å²) in [6.07, 6.45) is 0. The van der Waals surface area contributed by atoms with Crippen LogP contribution in [-0.4, -0.2) is 7.11 Å². The van der Waals surface area contributed by atoms with Crippen LogP contribution in [0.15, 0.2) is 200 Å². The molecule has 0 saturated carbocycles. The molecule has 1 nitrogen and oxygen atoms in total. The van der Waals surface area contributed by atoms with Crippen LogP contribution in [0.4, 0.5) is 0 Å². The molecule has 0 atom stereocenters. The summed E-state index contributed by atoms with van der Waals surface area (Å²) in [5.41, 5.74) is 20.4. The predicted octanol–water partition coefficient (Wildman–Crippen LogP) is 17.6. The zero-order chi connectivity index (χ0) is 44.5. The van der Waals surface area contributed by atoms with Gasteiger partial charge in [-0.25, -0.2) is 0 Å². The quantitative estimate of drug-likeness (QED) is 0.157. The van der Waals surface area contributed by atoms with Gasteiger partial charge in [0.15, 0.2) is 0 Å². The predicted molar refractivity (Wildman–Crippen MR) is 280 cm³/mol. The molecule has 1 heteroatoms. The van der Waals surface area contributed by atoms with Gasteiger partial charge < -0.3 is 4.74 Å². The van der Waals surface area contributed by atoms with Crippen molar-refractivity contribution < 1.29 is 4.74 Å². The Labute approximate surface area is 386 Å². The summed E-state index contributed by atoms with van der Waals surface area (Å²) in [4.78, 5) is 0. The minimum absolute atomic E-state index is 0.162. The van der Waals surface area contributed by atoms with Crippen molar-refractivity contribution in [1.82, 2.24) is 0 Å². The van der Waals surface area contributed by atoms with Crippen LogP contribution in [-0.2, 0) is 10.8 Å².